The molecule has 6 rings (SSSR count). The molecule has 0 bridgehead atoms. The van der Waals surface area contributed by atoms with Crippen molar-refractivity contribution in [2.24, 2.45) is 5.92 Å². The number of carbonyl (C=O) groups excluding carboxylic acids is 5. The number of nitrogens with one attached hydrogen (secondary N) is 3. The second-order valence-electron chi connectivity index (χ2n) is 16.2. The van der Waals surface area contributed by atoms with Gasteiger partial charge in [0.1, 0.15) is 46.9 Å². The van der Waals surface area contributed by atoms with Crippen LogP contribution in [0.5, 0.6) is 11.5 Å². The second kappa shape index (κ2) is 17.3. The number of ether oxygens (including phenoxy) is 4. The Kier molecular flexibility index (Phi) is 12.6. The fourth-order valence-corrected chi connectivity index (χ4v) is 8.51. The van der Waals surface area contributed by atoms with Crippen molar-refractivity contribution in [3.8, 4) is 22.8 Å². The zero-order valence-corrected chi connectivity index (χ0v) is 35.2. The van der Waals surface area contributed by atoms with E-state index in [1.807, 2.05) is 30.3 Å². The van der Waals surface area contributed by atoms with Crippen molar-refractivity contribution in [1.29, 1.82) is 0 Å². The highest BCUT2D eigenvalue weighted by molar-refractivity contribution is 7.91. The molecule has 16 nitrogen and oxygen atoms in total. The molecule has 3 aromatic rings. The fraction of sp³-hybridized carbons (Fsp3) is 0.442. The summed E-state index contributed by atoms with van der Waals surface area (Å²) in [5.41, 5.74) is -0.658. The number of sulfonamides is 1. The molecule has 2 aromatic carbocycles. The third kappa shape index (κ3) is 9.89. The SMILES string of the molecule is C=C[C@@H]1C[C@]1(NC(=O)[C@@H]1C[C@@H](Oc2cc(-c3ccccc3)nc3cc(OC)ccc23)CN1C(=O)C(NC(=O)OC(C)(C)C)C(C)OC(=O)/C=C/C)C(=O)NS(=O)(=O)C1CC1. The van der Waals surface area contributed by atoms with Crippen LogP contribution in [0.3, 0.4) is 0 Å². The molecule has 1 aromatic heterocycles. The van der Waals surface area contributed by atoms with E-state index in [2.05, 4.69) is 21.9 Å². The van der Waals surface area contributed by atoms with Gasteiger partial charge in [0.05, 0.1) is 30.1 Å². The fourth-order valence-electron chi connectivity index (χ4n) is 7.15. The van der Waals surface area contributed by atoms with Gasteiger partial charge in [0.2, 0.25) is 21.8 Å². The number of carbonyl (C=O) groups is 5. The second-order valence-corrected chi connectivity index (χ2v) is 18.1. The number of allylic oxidation sites excluding steroid dienone is 1. The normalized spacial score (nSPS) is 22.3. The summed E-state index contributed by atoms with van der Waals surface area (Å²) >= 11 is 0. The third-order valence-corrected chi connectivity index (χ3v) is 12.3. The predicted octanol–water partition coefficient (Wildman–Crippen LogP) is 4.33. The number of hydrogen-bond donors (Lipinski definition) is 3. The van der Waals surface area contributed by atoms with Gasteiger partial charge in [0, 0.05) is 41.5 Å². The summed E-state index contributed by atoms with van der Waals surface area (Å²) in [7, 11) is -2.43. The Morgan fingerprint density at radius 1 is 1.05 bits per heavy atom. The summed E-state index contributed by atoms with van der Waals surface area (Å²) in [5.74, 6) is -2.91. The first-order chi connectivity index (χ1) is 28.4. The topological polar surface area (TPSA) is 209 Å². The summed E-state index contributed by atoms with van der Waals surface area (Å²) in [4.78, 5) is 74.7. The molecule has 3 aliphatic rings. The number of pyridine rings is 1. The van der Waals surface area contributed by atoms with Crippen LogP contribution in [0.2, 0.25) is 0 Å². The molecule has 4 amide bonds. The molecular weight excluding hydrogens is 795 g/mol. The van der Waals surface area contributed by atoms with E-state index in [9.17, 15) is 32.4 Å². The minimum atomic E-state index is -3.97. The smallest absolute Gasteiger partial charge is 0.408 e. The largest absolute Gasteiger partial charge is 0.497 e. The average Bonchev–Trinajstić information content (AvgIpc) is 4.12. The third-order valence-electron chi connectivity index (χ3n) is 10.5. The van der Waals surface area contributed by atoms with E-state index in [4.69, 9.17) is 23.9 Å². The van der Waals surface area contributed by atoms with Crippen LogP contribution in [-0.4, -0.2) is 102 Å². The average molecular weight is 846 g/mol. The van der Waals surface area contributed by atoms with Gasteiger partial charge >= 0.3 is 12.1 Å². The Balaban J connectivity index is 1.36. The minimum Gasteiger partial charge on any atom is -0.497 e. The molecule has 6 atom stereocenters. The first-order valence-corrected chi connectivity index (χ1v) is 21.3. The van der Waals surface area contributed by atoms with Gasteiger partial charge in [-0.3, -0.25) is 19.1 Å². The lowest BCUT2D eigenvalue weighted by Gasteiger charge is -2.32. The van der Waals surface area contributed by atoms with Gasteiger partial charge in [-0.2, -0.15) is 0 Å². The number of likely N-dealkylation sites (tertiary alicyclic amines) is 1. The van der Waals surface area contributed by atoms with Gasteiger partial charge in [-0.15, -0.1) is 6.58 Å². The summed E-state index contributed by atoms with van der Waals surface area (Å²) in [6.45, 7) is 11.5. The standard InChI is InChI=1S/C43H51N5O11S/c1-8-13-36(49)57-25(3)37(45-41(53)59-42(4,5)6)39(51)48-24-29(21-34(48)38(50)46-43(23-27(43)9-2)40(52)47-60(54,55)30-17-18-30)58-35-22-32(26-14-11-10-12-15-26)44-33-20-28(56-7)16-19-31(33)35/h8-16,19-20,22,25,27,29-30,34,37H,2,17-18,21,23-24H2,1,3-7H3,(H,45,53)(H,46,50)(H,47,52)/b13-8+/t25?,27-,29-,34+,37?,43-/m1/s1. The number of methoxy groups -OCH3 is 1. The lowest BCUT2D eigenvalue weighted by Crippen LogP contribution is -2.60. The van der Waals surface area contributed by atoms with Crippen molar-refractivity contribution >= 4 is 50.7 Å². The van der Waals surface area contributed by atoms with Gasteiger partial charge in [0.25, 0.3) is 5.91 Å². The Bertz CT molecular complexity index is 2310. The van der Waals surface area contributed by atoms with Crippen LogP contribution < -0.4 is 24.8 Å². The van der Waals surface area contributed by atoms with Crippen LogP contribution >= 0.6 is 0 Å². The first kappa shape index (κ1) is 43.6. The molecule has 60 heavy (non-hydrogen) atoms. The van der Waals surface area contributed by atoms with E-state index in [1.165, 1.54) is 24.0 Å². The first-order valence-electron chi connectivity index (χ1n) is 19.7. The molecule has 1 saturated heterocycles. The Morgan fingerprint density at radius 2 is 1.77 bits per heavy atom. The molecule has 2 saturated carbocycles. The van der Waals surface area contributed by atoms with Gasteiger partial charge in [-0.25, -0.2) is 23.0 Å². The van der Waals surface area contributed by atoms with Crippen LogP contribution in [-0.2, 0) is 38.7 Å². The summed E-state index contributed by atoms with van der Waals surface area (Å²) in [6, 6.07) is 13.6. The predicted molar refractivity (Wildman–Crippen MR) is 221 cm³/mol. The summed E-state index contributed by atoms with van der Waals surface area (Å²) < 4.78 is 50.9. The molecule has 1 aliphatic heterocycles. The van der Waals surface area contributed by atoms with Crippen molar-refractivity contribution in [3.05, 3.63) is 79.4 Å². The number of fused-ring (bicyclic) bond motifs is 1. The van der Waals surface area contributed by atoms with Crippen molar-refractivity contribution in [3.63, 3.8) is 0 Å². The maximum Gasteiger partial charge on any atom is 0.408 e. The Morgan fingerprint density at radius 3 is 2.38 bits per heavy atom. The van der Waals surface area contributed by atoms with Crippen molar-refractivity contribution in [1.82, 2.24) is 25.2 Å². The molecule has 3 fully saturated rings. The maximum absolute atomic E-state index is 14.8. The molecule has 17 heteroatoms. The Labute approximate surface area is 349 Å². The molecule has 2 unspecified atom stereocenters. The monoisotopic (exact) mass is 845 g/mol. The van der Waals surface area contributed by atoms with E-state index < -0.39 is 86.4 Å². The van der Waals surface area contributed by atoms with Crippen LogP contribution in [0.15, 0.2) is 79.4 Å². The van der Waals surface area contributed by atoms with Crippen LogP contribution in [0, 0.1) is 5.92 Å². The highest BCUT2D eigenvalue weighted by Crippen LogP contribution is 2.45. The lowest BCUT2D eigenvalue weighted by atomic mass is 10.1. The maximum atomic E-state index is 14.8. The molecule has 320 valence electrons. The molecule has 3 N–H and O–H groups in total. The molecule has 0 radical (unpaired) electrons. The highest BCUT2D eigenvalue weighted by Gasteiger charge is 2.62. The van der Waals surface area contributed by atoms with Gasteiger partial charge < -0.3 is 34.5 Å². The summed E-state index contributed by atoms with van der Waals surface area (Å²) in [6.07, 6.45) is 1.79. The Hall–Kier alpha value is -5.97. The van der Waals surface area contributed by atoms with E-state index in [1.54, 1.807) is 59.1 Å². The van der Waals surface area contributed by atoms with E-state index >= 15 is 0 Å². The molecule has 2 heterocycles. The van der Waals surface area contributed by atoms with Gasteiger partial charge in [0.15, 0.2) is 0 Å². The number of amides is 4. The van der Waals surface area contributed by atoms with Crippen molar-refractivity contribution in [2.45, 2.75) is 101 Å². The summed E-state index contributed by atoms with van der Waals surface area (Å²) in [5, 5.41) is 5.21. The zero-order chi connectivity index (χ0) is 43.6. The number of rotatable bonds is 15. The minimum absolute atomic E-state index is 0.0738. The number of benzene rings is 2. The van der Waals surface area contributed by atoms with Crippen LogP contribution in [0.1, 0.15) is 60.3 Å². The molecular formula is C43H51N5O11S. The number of aromatic nitrogens is 1. The number of alkyl carbamates (subject to hydrolysis) is 1. The zero-order valence-electron chi connectivity index (χ0n) is 34.4. The lowest BCUT2D eigenvalue weighted by molar-refractivity contribution is -0.150. The molecule has 2 aliphatic carbocycles. The van der Waals surface area contributed by atoms with Crippen LogP contribution in [0.4, 0.5) is 4.79 Å². The van der Waals surface area contributed by atoms with Crippen molar-refractivity contribution in [2.75, 3.05) is 13.7 Å². The van der Waals surface area contributed by atoms with Crippen LogP contribution in [0.25, 0.3) is 22.2 Å². The van der Waals surface area contributed by atoms with Gasteiger partial charge in [-0.1, -0.05) is 42.5 Å². The van der Waals surface area contributed by atoms with E-state index in [0.717, 1.165) is 11.6 Å². The number of esters is 1. The number of hydrogen-bond acceptors (Lipinski definition) is 12. The molecule has 0 spiro atoms. The van der Waals surface area contributed by atoms with Gasteiger partial charge in [-0.05, 0) is 66.0 Å². The van der Waals surface area contributed by atoms with E-state index in [0.29, 0.717) is 40.9 Å². The quantitative estimate of drug-likeness (QED) is 0.111. The number of nitrogens with zero attached hydrogens (tertiary/aromatic N) is 2. The van der Waals surface area contributed by atoms with Crippen molar-refractivity contribution < 1.29 is 51.3 Å². The van der Waals surface area contributed by atoms with E-state index in [-0.39, 0.29) is 19.4 Å². The highest BCUT2D eigenvalue weighted by atomic mass is 32.2.